The van der Waals surface area contributed by atoms with E-state index in [4.69, 9.17) is 10.5 Å². The summed E-state index contributed by atoms with van der Waals surface area (Å²) in [6.07, 6.45) is 5.84. The number of benzene rings is 1. The molecular formula is C16H26BrNO. The van der Waals surface area contributed by atoms with Crippen LogP contribution in [0.3, 0.4) is 0 Å². The van der Waals surface area contributed by atoms with E-state index in [0.717, 1.165) is 23.9 Å². The fourth-order valence-electron chi connectivity index (χ4n) is 2.07. The van der Waals surface area contributed by atoms with Crippen molar-refractivity contribution in [2.45, 2.75) is 58.1 Å². The van der Waals surface area contributed by atoms with Crippen LogP contribution < -0.4 is 5.73 Å². The van der Waals surface area contributed by atoms with Crippen molar-refractivity contribution in [3.05, 3.63) is 34.3 Å². The van der Waals surface area contributed by atoms with Gasteiger partial charge in [0.2, 0.25) is 0 Å². The highest BCUT2D eigenvalue weighted by Crippen LogP contribution is 2.24. The van der Waals surface area contributed by atoms with Gasteiger partial charge in [-0.1, -0.05) is 61.2 Å². The molecule has 0 aromatic heterocycles. The molecule has 0 saturated carbocycles. The zero-order valence-corrected chi connectivity index (χ0v) is 13.7. The van der Waals surface area contributed by atoms with Gasteiger partial charge in [0.05, 0.1) is 6.10 Å². The van der Waals surface area contributed by atoms with Gasteiger partial charge in [-0.15, -0.1) is 0 Å². The molecule has 0 heterocycles. The second-order valence-corrected chi connectivity index (χ2v) is 5.89. The van der Waals surface area contributed by atoms with E-state index in [1.54, 1.807) is 0 Å². The highest BCUT2D eigenvalue weighted by atomic mass is 79.9. The Morgan fingerprint density at radius 2 is 1.79 bits per heavy atom. The molecule has 0 spiro atoms. The van der Waals surface area contributed by atoms with Gasteiger partial charge >= 0.3 is 0 Å². The van der Waals surface area contributed by atoms with Crippen molar-refractivity contribution in [1.82, 2.24) is 0 Å². The predicted octanol–water partition coefficient (Wildman–Crippen LogP) is 4.82. The van der Waals surface area contributed by atoms with Gasteiger partial charge in [0, 0.05) is 17.1 Å². The number of hydrogen-bond acceptors (Lipinski definition) is 2. The van der Waals surface area contributed by atoms with Crippen LogP contribution in [0.1, 0.15) is 57.6 Å². The Kier molecular flexibility index (Phi) is 8.35. The maximum absolute atomic E-state index is 6.19. The van der Waals surface area contributed by atoms with Crippen LogP contribution in [0.15, 0.2) is 28.7 Å². The van der Waals surface area contributed by atoms with E-state index in [1.165, 1.54) is 24.8 Å². The van der Waals surface area contributed by atoms with E-state index in [0.29, 0.717) is 0 Å². The molecule has 1 rings (SSSR count). The normalized spacial score (nSPS) is 14.3. The first-order valence-corrected chi connectivity index (χ1v) is 8.11. The molecule has 0 aliphatic heterocycles. The Hall–Kier alpha value is -0.380. The summed E-state index contributed by atoms with van der Waals surface area (Å²) >= 11 is 3.46. The lowest BCUT2D eigenvalue weighted by Gasteiger charge is -2.24. The van der Waals surface area contributed by atoms with E-state index in [2.05, 4.69) is 41.9 Å². The number of halogens is 1. The lowest BCUT2D eigenvalue weighted by Crippen LogP contribution is -2.29. The summed E-state index contributed by atoms with van der Waals surface area (Å²) < 4.78 is 7.11. The van der Waals surface area contributed by atoms with Crippen LogP contribution >= 0.6 is 15.9 Å². The minimum Gasteiger partial charge on any atom is -0.372 e. The maximum Gasteiger partial charge on any atom is 0.0975 e. The fraction of sp³-hybridized carbons (Fsp3) is 0.625. The lowest BCUT2D eigenvalue weighted by molar-refractivity contribution is 0.0311. The molecule has 3 heteroatoms. The molecule has 2 atom stereocenters. The summed E-state index contributed by atoms with van der Waals surface area (Å²) in [7, 11) is 0. The third-order valence-electron chi connectivity index (χ3n) is 3.35. The molecule has 0 amide bonds. The monoisotopic (exact) mass is 327 g/mol. The van der Waals surface area contributed by atoms with E-state index < -0.39 is 0 Å². The lowest BCUT2D eigenvalue weighted by atomic mass is 10.0. The quantitative estimate of drug-likeness (QED) is 0.659. The van der Waals surface area contributed by atoms with Crippen LogP contribution in [0, 0.1) is 0 Å². The van der Waals surface area contributed by atoms with Crippen LogP contribution in [0.5, 0.6) is 0 Å². The minimum atomic E-state index is 0.0136. The van der Waals surface area contributed by atoms with Gasteiger partial charge in [0.1, 0.15) is 0 Å². The van der Waals surface area contributed by atoms with E-state index in [-0.39, 0.29) is 12.1 Å². The number of unbranched alkanes of at least 4 members (excludes halogenated alkanes) is 3. The summed E-state index contributed by atoms with van der Waals surface area (Å²) in [4.78, 5) is 0. The molecular weight excluding hydrogens is 302 g/mol. The summed E-state index contributed by atoms with van der Waals surface area (Å²) in [5.74, 6) is 0. The Morgan fingerprint density at radius 1 is 1.11 bits per heavy atom. The third kappa shape index (κ3) is 6.07. The Balaban J connectivity index is 2.54. The summed E-state index contributed by atoms with van der Waals surface area (Å²) in [5.41, 5.74) is 7.37. The van der Waals surface area contributed by atoms with Crippen molar-refractivity contribution < 1.29 is 4.74 Å². The van der Waals surface area contributed by atoms with E-state index in [1.807, 2.05) is 12.1 Å². The Labute approximate surface area is 125 Å². The van der Waals surface area contributed by atoms with Gasteiger partial charge in [0.25, 0.3) is 0 Å². The number of rotatable bonds is 9. The predicted molar refractivity (Wildman–Crippen MR) is 85.2 cm³/mol. The summed E-state index contributed by atoms with van der Waals surface area (Å²) in [6, 6.07) is 8.34. The molecule has 0 aliphatic carbocycles. The van der Waals surface area contributed by atoms with Crippen LogP contribution in [-0.4, -0.2) is 12.6 Å². The number of hydrogen-bond donors (Lipinski definition) is 1. The van der Waals surface area contributed by atoms with Crippen molar-refractivity contribution in [2.24, 2.45) is 5.73 Å². The van der Waals surface area contributed by atoms with Gasteiger partial charge in [-0.05, 0) is 30.5 Å². The van der Waals surface area contributed by atoms with Gasteiger partial charge in [-0.3, -0.25) is 0 Å². The first kappa shape index (κ1) is 16.7. The maximum atomic E-state index is 6.19. The summed E-state index contributed by atoms with van der Waals surface area (Å²) in [5, 5.41) is 0. The van der Waals surface area contributed by atoms with Crippen LogP contribution in [0.2, 0.25) is 0 Å². The smallest absolute Gasteiger partial charge is 0.0975 e. The average Bonchev–Trinajstić information content (AvgIpc) is 2.43. The second-order valence-electron chi connectivity index (χ2n) is 4.98. The van der Waals surface area contributed by atoms with Crippen molar-refractivity contribution in [2.75, 3.05) is 6.61 Å². The van der Waals surface area contributed by atoms with Gasteiger partial charge < -0.3 is 10.5 Å². The standard InChI is InChI=1S/C16H26BrNO/c1-3-5-6-7-12-19-16(15(18)4-2)13-8-10-14(17)11-9-13/h8-11,15-16H,3-7,12,18H2,1-2H3. The van der Waals surface area contributed by atoms with Crippen LogP contribution in [0.25, 0.3) is 0 Å². The van der Waals surface area contributed by atoms with Crippen LogP contribution in [0.4, 0.5) is 0 Å². The first-order valence-electron chi connectivity index (χ1n) is 7.31. The van der Waals surface area contributed by atoms with Gasteiger partial charge in [-0.2, -0.15) is 0 Å². The molecule has 0 fully saturated rings. The molecule has 0 bridgehead atoms. The minimum absolute atomic E-state index is 0.0136. The number of nitrogens with two attached hydrogens (primary N) is 1. The van der Waals surface area contributed by atoms with Crippen molar-refractivity contribution in [1.29, 1.82) is 0 Å². The largest absolute Gasteiger partial charge is 0.372 e. The molecule has 19 heavy (non-hydrogen) atoms. The van der Waals surface area contributed by atoms with Gasteiger partial charge in [-0.25, -0.2) is 0 Å². The fourth-order valence-corrected chi connectivity index (χ4v) is 2.34. The molecule has 0 aliphatic rings. The molecule has 0 radical (unpaired) electrons. The third-order valence-corrected chi connectivity index (χ3v) is 3.88. The Bertz CT molecular complexity index is 339. The van der Waals surface area contributed by atoms with Crippen LogP contribution in [-0.2, 0) is 4.74 Å². The molecule has 108 valence electrons. The van der Waals surface area contributed by atoms with E-state index in [9.17, 15) is 0 Å². The number of ether oxygens (including phenoxy) is 1. The highest BCUT2D eigenvalue weighted by Gasteiger charge is 2.18. The SMILES string of the molecule is CCCCCCOC(c1ccc(Br)cc1)C(N)CC. The van der Waals surface area contributed by atoms with E-state index >= 15 is 0 Å². The highest BCUT2D eigenvalue weighted by molar-refractivity contribution is 9.10. The molecule has 2 nitrogen and oxygen atoms in total. The average molecular weight is 328 g/mol. The van der Waals surface area contributed by atoms with Crippen molar-refractivity contribution in [3.8, 4) is 0 Å². The molecule has 1 aromatic rings. The second kappa shape index (κ2) is 9.51. The van der Waals surface area contributed by atoms with Crippen molar-refractivity contribution in [3.63, 3.8) is 0 Å². The van der Waals surface area contributed by atoms with Gasteiger partial charge in [0.15, 0.2) is 0 Å². The molecule has 2 unspecified atom stereocenters. The zero-order chi connectivity index (χ0) is 14.1. The van der Waals surface area contributed by atoms with Crippen molar-refractivity contribution >= 4 is 15.9 Å². The first-order chi connectivity index (χ1) is 9.19. The topological polar surface area (TPSA) is 35.2 Å². The molecule has 0 saturated heterocycles. The summed E-state index contributed by atoms with van der Waals surface area (Å²) in [6.45, 7) is 5.13. The zero-order valence-electron chi connectivity index (χ0n) is 12.1. The Morgan fingerprint density at radius 3 is 2.37 bits per heavy atom. The molecule has 1 aromatic carbocycles. The molecule has 2 N–H and O–H groups in total.